The molecule has 0 radical (unpaired) electrons. The molecule has 20 heavy (non-hydrogen) atoms. The second-order valence-electron chi connectivity index (χ2n) is 5.00. The van der Waals surface area contributed by atoms with Gasteiger partial charge in [0, 0.05) is 31.8 Å². The molecule has 0 atom stereocenters. The maximum atomic E-state index is 12.3. The standard InChI is InChI=1S/C14H19N3O3/c1-2-7-16(13-9-15-10-13)14(18)8-11-3-5-12(6-4-11)17(19)20/h3-6,13,15H,2,7-10H2,1H3. The highest BCUT2D eigenvalue weighted by molar-refractivity contribution is 5.79. The van der Waals surface area contributed by atoms with E-state index in [2.05, 4.69) is 12.2 Å². The van der Waals surface area contributed by atoms with Gasteiger partial charge < -0.3 is 10.2 Å². The fraction of sp³-hybridized carbons (Fsp3) is 0.500. The van der Waals surface area contributed by atoms with Crippen LogP contribution < -0.4 is 5.32 Å². The number of rotatable bonds is 6. The van der Waals surface area contributed by atoms with E-state index in [4.69, 9.17) is 0 Å². The van der Waals surface area contributed by atoms with E-state index < -0.39 is 4.92 Å². The molecule has 1 aromatic rings. The molecular formula is C14H19N3O3. The Morgan fingerprint density at radius 2 is 2.05 bits per heavy atom. The van der Waals surface area contributed by atoms with Gasteiger partial charge in [-0.05, 0) is 12.0 Å². The normalized spacial score (nSPS) is 14.7. The first-order valence-corrected chi connectivity index (χ1v) is 6.85. The van der Waals surface area contributed by atoms with E-state index >= 15 is 0 Å². The van der Waals surface area contributed by atoms with E-state index in [1.165, 1.54) is 12.1 Å². The topological polar surface area (TPSA) is 75.5 Å². The molecule has 0 bridgehead atoms. The highest BCUT2D eigenvalue weighted by Gasteiger charge is 2.27. The molecule has 0 spiro atoms. The van der Waals surface area contributed by atoms with Gasteiger partial charge in [0.25, 0.3) is 5.69 Å². The molecule has 0 unspecified atom stereocenters. The Morgan fingerprint density at radius 1 is 1.40 bits per heavy atom. The van der Waals surface area contributed by atoms with Gasteiger partial charge in [0.05, 0.1) is 17.4 Å². The summed E-state index contributed by atoms with van der Waals surface area (Å²) < 4.78 is 0. The Balaban J connectivity index is 1.99. The summed E-state index contributed by atoms with van der Waals surface area (Å²) in [5, 5.41) is 13.8. The van der Waals surface area contributed by atoms with E-state index in [0.717, 1.165) is 31.6 Å². The number of nitro groups is 1. The van der Waals surface area contributed by atoms with E-state index in [-0.39, 0.29) is 11.6 Å². The lowest BCUT2D eigenvalue weighted by atomic mass is 10.1. The number of non-ortho nitro benzene ring substituents is 1. The number of benzene rings is 1. The van der Waals surface area contributed by atoms with Crippen molar-refractivity contribution in [1.29, 1.82) is 0 Å². The van der Waals surface area contributed by atoms with Crippen molar-refractivity contribution in [3.05, 3.63) is 39.9 Å². The SMILES string of the molecule is CCCN(C(=O)Cc1ccc([N+](=O)[O-])cc1)C1CNC1. The quantitative estimate of drug-likeness (QED) is 0.629. The van der Waals surface area contributed by atoms with Crippen LogP contribution in [0.25, 0.3) is 0 Å². The zero-order valence-corrected chi connectivity index (χ0v) is 11.5. The fourth-order valence-electron chi connectivity index (χ4n) is 2.26. The largest absolute Gasteiger partial charge is 0.337 e. The van der Waals surface area contributed by atoms with Crippen LogP contribution in [-0.2, 0) is 11.2 Å². The minimum absolute atomic E-state index is 0.0507. The van der Waals surface area contributed by atoms with E-state index in [1.54, 1.807) is 12.1 Å². The van der Waals surface area contributed by atoms with Crippen LogP contribution in [0.15, 0.2) is 24.3 Å². The third-order valence-corrected chi connectivity index (χ3v) is 3.49. The minimum atomic E-state index is -0.435. The predicted molar refractivity (Wildman–Crippen MR) is 75.5 cm³/mol. The van der Waals surface area contributed by atoms with Crippen LogP contribution in [0.4, 0.5) is 5.69 Å². The Labute approximate surface area is 117 Å². The van der Waals surface area contributed by atoms with Gasteiger partial charge in [-0.15, -0.1) is 0 Å². The number of carbonyl (C=O) groups is 1. The molecule has 1 saturated heterocycles. The minimum Gasteiger partial charge on any atom is -0.337 e. The summed E-state index contributed by atoms with van der Waals surface area (Å²) in [7, 11) is 0. The van der Waals surface area contributed by atoms with Crippen molar-refractivity contribution in [3.63, 3.8) is 0 Å². The van der Waals surface area contributed by atoms with Crippen LogP contribution in [0.5, 0.6) is 0 Å². The second-order valence-corrected chi connectivity index (χ2v) is 5.00. The molecule has 1 N–H and O–H groups in total. The number of carbonyl (C=O) groups excluding carboxylic acids is 1. The van der Waals surface area contributed by atoms with Gasteiger partial charge in [-0.3, -0.25) is 14.9 Å². The van der Waals surface area contributed by atoms with Crippen LogP contribution in [-0.4, -0.2) is 41.4 Å². The number of nitrogens with one attached hydrogen (secondary N) is 1. The van der Waals surface area contributed by atoms with Gasteiger partial charge in [0.2, 0.25) is 5.91 Å². The lowest BCUT2D eigenvalue weighted by Crippen LogP contribution is -2.59. The van der Waals surface area contributed by atoms with Crippen LogP contribution in [0, 0.1) is 10.1 Å². The van der Waals surface area contributed by atoms with Crippen LogP contribution in [0.2, 0.25) is 0 Å². The van der Waals surface area contributed by atoms with Crippen molar-refractivity contribution in [2.75, 3.05) is 19.6 Å². The van der Waals surface area contributed by atoms with E-state index in [1.807, 2.05) is 4.90 Å². The monoisotopic (exact) mass is 277 g/mol. The Bertz CT molecular complexity index is 483. The Morgan fingerprint density at radius 3 is 2.50 bits per heavy atom. The molecular weight excluding hydrogens is 258 g/mol. The van der Waals surface area contributed by atoms with Gasteiger partial charge in [0.1, 0.15) is 0 Å². The summed E-state index contributed by atoms with van der Waals surface area (Å²) in [4.78, 5) is 24.4. The summed E-state index contributed by atoms with van der Waals surface area (Å²) in [6.45, 7) is 4.52. The first-order chi connectivity index (χ1) is 9.61. The average Bonchev–Trinajstić information content (AvgIpc) is 2.36. The van der Waals surface area contributed by atoms with Gasteiger partial charge in [0.15, 0.2) is 0 Å². The highest BCUT2D eigenvalue weighted by atomic mass is 16.6. The summed E-state index contributed by atoms with van der Waals surface area (Å²) >= 11 is 0. The summed E-state index contributed by atoms with van der Waals surface area (Å²) in [6.07, 6.45) is 1.23. The molecule has 1 amide bonds. The molecule has 0 aliphatic carbocycles. The number of hydrogen-bond donors (Lipinski definition) is 1. The molecule has 0 aromatic heterocycles. The maximum absolute atomic E-state index is 12.3. The predicted octanol–water partition coefficient (Wildman–Crippen LogP) is 1.35. The van der Waals surface area contributed by atoms with Crippen LogP contribution in [0.3, 0.4) is 0 Å². The second kappa shape index (κ2) is 6.47. The van der Waals surface area contributed by atoms with Gasteiger partial charge in [-0.1, -0.05) is 19.1 Å². The molecule has 2 rings (SSSR count). The number of hydrogen-bond acceptors (Lipinski definition) is 4. The van der Waals surface area contributed by atoms with Crippen LogP contribution in [0.1, 0.15) is 18.9 Å². The molecule has 1 aliphatic heterocycles. The zero-order valence-electron chi connectivity index (χ0n) is 11.5. The molecule has 108 valence electrons. The first-order valence-electron chi connectivity index (χ1n) is 6.85. The summed E-state index contributed by atoms with van der Waals surface area (Å²) in [6, 6.07) is 6.48. The third kappa shape index (κ3) is 3.33. The average molecular weight is 277 g/mol. The molecule has 0 saturated carbocycles. The van der Waals surface area contributed by atoms with E-state index in [0.29, 0.717) is 12.5 Å². The first kappa shape index (κ1) is 14.5. The zero-order chi connectivity index (χ0) is 14.5. The van der Waals surface area contributed by atoms with Crippen molar-refractivity contribution < 1.29 is 9.72 Å². The summed E-state index contributed by atoms with van der Waals surface area (Å²) in [5.41, 5.74) is 0.865. The molecule has 1 aliphatic rings. The molecule has 1 heterocycles. The number of nitro benzene ring substituents is 1. The number of amides is 1. The van der Waals surface area contributed by atoms with Crippen molar-refractivity contribution in [2.24, 2.45) is 0 Å². The fourth-order valence-corrected chi connectivity index (χ4v) is 2.26. The molecule has 6 nitrogen and oxygen atoms in total. The van der Waals surface area contributed by atoms with Crippen molar-refractivity contribution in [3.8, 4) is 0 Å². The van der Waals surface area contributed by atoms with Gasteiger partial charge in [-0.25, -0.2) is 0 Å². The molecule has 1 fully saturated rings. The van der Waals surface area contributed by atoms with Crippen LogP contribution >= 0.6 is 0 Å². The van der Waals surface area contributed by atoms with Crippen molar-refractivity contribution in [2.45, 2.75) is 25.8 Å². The van der Waals surface area contributed by atoms with Crippen molar-refractivity contribution in [1.82, 2.24) is 10.2 Å². The Kier molecular flexibility index (Phi) is 4.68. The smallest absolute Gasteiger partial charge is 0.269 e. The molecule has 6 heteroatoms. The maximum Gasteiger partial charge on any atom is 0.269 e. The van der Waals surface area contributed by atoms with Gasteiger partial charge in [-0.2, -0.15) is 0 Å². The highest BCUT2D eigenvalue weighted by Crippen LogP contribution is 2.14. The third-order valence-electron chi connectivity index (χ3n) is 3.49. The Hall–Kier alpha value is -1.95. The molecule has 1 aromatic carbocycles. The lowest BCUT2D eigenvalue weighted by Gasteiger charge is -2.38. The van der Waals surface area contributed by atoms with Crippen molar-refractivity contribution >= 4 is 11.6 Å². The summed E-state index contributed by atoms with van der Waals surface area (Å²) in [5.74, 6) is 0.0900. The lowest BCUT2D eigenvalue weighted by molar-refractivity contribution is -0.384. The number of nitrogens with zero attached hydrogens (tertiary/aromatic N) is 2. The van der Waals surface area contributed by atoms with Gasteiger partial charge >= 0.3 is 0 Å². The van der Waals surface area contributed by atoms with E-state index in [9.17, 15) is 14.9 Å².